The number of sulfonamides is 1. The maximum Gasteiger partial charge on any atom is 0.251 e. The van der Waals surface area contributed by atoms with Crippen molar-refractivity contribution >= 4 is 21.6 Å². The van der Waals surface area contributed by atoms with Gasteiger partial charge in [-0.25, -0.2) is 17.2 Å². The molecule has 0 aromatic heterocycles. The van der Waals surface area contributed by atoms with Gasteiger partial charge in [-0.3, -0.25) is 9.10 Å². The average Bonchev–Trinajstić information content (AvgIpc) is 2.72. The molecule has 1 unspecified atom stereocenters. The Balaban J connectivity index is 2.09. The van der Waals surface area contributed by atoms with Crippen LogP contribution in [0.3, 0.4) is 0 Å². The molecule has 0 aliphatic heterocycles. The molecule has 0 radical (unpaired) electrons. The first-order valence-corrected chi connectivity index (χ1v) is 12.3. The highest BCUT2D eigenvalue weighted by Gasteiger charge is 2.22. The van der Waals surface area contributed by atoms with Crippen LogP contribution in [0.2, 0.25) is 0 Å². The van der Waals surface area contributed by atoms with Gasteiger partial charge in [0.15, 0.2) is 0 Å². The number of hydrogen-bond acceptors (Lipinski definition) is 3. The number of hydrogen-bond donors (Lipinski definition) is 1. The van der Waals surface area contributed by atoms with Gasteiger partial charge in [-0.15, -0.1) is 0 Å². The van der Waals surface area contributed by atoms with Crippen LogP contribution in [0.5, 0.6) is 0 Å². The van der Waals surface area contributed by atoms with Gasteiger partial charge in [0.05, 0.1) is 18.5 Å². The summed E-state index contributed by atoms with van der Waals surface area (Å²) in [5.74, 6) is -1.50. The second-order valence-electron chi connectivity index (χ2n) is 7.69. The normalized spacial score (nSPS) is 12.4. The zero-order chi connectivity index (χ0) is 23.0. The first kappa shape index (κ1) is 24.8. The van der Waals surface area contributed by atoms with E-state index in [4.69, 9.17) is 0 Å². The van der Waals surface area contributed by atoms with E-state index in [1.54, 1.807) is 24.3 Å². The van der Waals surface area contributed by atoms with Crippen molar-refractivity contribution in [2.45, 2.75) is 46.1 Å². The average molecular weight is 453 g/mol. The van der Waals surface area contributed by atoms with Gasteiger partial charge >= 0.3 is 0 Å². The van der Waals surface area contributed by atoms with Gasteiger partial charge in [-0.2, -0.15) is 0 Å². The minimum absolute atomic E-state index is 0.141. The van der Waals surface area contributed by atoms with Crippen LogP contribution in [-0.2, 0) is 16.6 Å². The summed E-state index contributed by atoms with van der Waals surface area (Å²) in [6.45, 7) is 4.72. The number of nitrogens with one attached hydrogen (secondary N) is 1. The molecule has 31 heavy (non-hydrogen) atoms. The van der Waals surface area contributed by atoms with Crippen LogP contribution in [-0.4, -0.2) is 27.1 Å². The van der Waals surface area contributed by atoms with Crippen molar-refractivity contribution < 1.29 is 22.0 Å². The smallest absolute Gasteiger partial charge is 0.251 e. The lowest BCUT2D eigenvalue weighted by atomic mass is 9.99. The van der Waals surface area contributed by atoms with Crippen molar-refractivity contribution in [3.8, 4) is 0 Å². The SMILES string of the molecule is CCCCC(CC)CNC(=O)c1ccc(CN(c2ccc(F)cc2F)S(C)(=O)=O)cc1. The Morgan fingerprint density at radius 1 is 1.10 bits per heavy atom. The molecule has 0 spiro atoms. The maximum atomic E-state index is 14.2. The van der Waals surface area contributed by atoms with E-state index in [0.29, 0.717) is 29.7 Å². The molecule has 5 nitrogen and oxygen atoms in total. The van der Waals surface area contributed by atoms with E-state index in [2.05, 4.69) is 19.2 Å². The number of unbranched alkanes of at least 4 members (excludes halogenated alkanes) is 1. The zero-order valence-corrected chi connectivity index (χ0v) is 19.0. The molecular weight excluding hydrogens is 422 g/mol. The predicted octanol–water partition coefficient (Wildman–Crippen LogP) is 4.88. The second kappa shape index (κ2) is 11.2. The molecule has 8 heteroatoms. The van der Waals surface area contributed by atoms with Gasteiger partial charge in [-0.1, -0.05) is 45.2 Å². The van der Waals surface area contributed by atoms with E-state index in [9.17, 15) is 22.0 Å². The Labute approximate surface area is 183 Å². The molecule has 0 saturated heterocycles. The van der Waals surface area contributed by atoms with Gasteiger partial charge in [0, 0.05) is 18.2 Å². The predicted molar refractivity (Wildman–Crippen MR) is 119 cm³/mol. The van der Waals surface area contributed by atoms with E-state index in [-0.39, 0.29) is 18.1 Å². The number of anilines is 1. The van der Waals surface area contributed by atoms with Gasteiger partial charge in [0.1, 0.15) is 11.6 Å². The number of halogens is 2. The fourth-order valence-corrected chi connectivity index (χ4v) is 4.16. The third-order valence-electron chi connectivity index (χ3n) is 5.22. The third-order valence-corrected chi connectivity index (χ3v) is 6.34. The van der Waals surface area contributed by atoms with Crippen LogP contribution >= 0.6 is 0 Å². The van der Waals surface area contributed by atoms with Gasteiger partial charge in [0.25, 0.3) is 5.91 Å². The van der Waals surface area contributed by atoms with Crippen LogP contribution in [0.1, 0.15) is 55.5 Å². The van der Waals surface area contributed by atoms with E-state index < -0.39 is 21.7 Å². The van der Waals surface area contributed by atoms with Crippen LogP contribution in [0, 0.1) is 17.6 Å². The Morgan fingerprint density at radius 2 is 1.77 bits per heavy atom. The number of benzene rings is 2. The Bertz CT molecular complexity index is 979. The van der Waals surface area contributed by atoms with Crippen LogP contribution < -0.4 is 9.62 Å². The first-order valence-electron chi connectivity index (χ1n) is 10.5. The molecule has 0 saturated carbocycles. The van der Waals surface area contributed by atoms with Crippen molar-refractivity contribution in [2.24, 2.45) is 5.92 Å². The number of carbonyl (C=O) groups is 1. The zero-order valence-electron chi connectivity index (χ0n) is 18.2. The number of rotatable bonds is 11. The fourth-order valence-electron chi connectivity index (χ4n) is 3.27. The van der Waals surface area contributed by atoms with Gasteiger partial charge in [-0.05, 0) is 42.2 Å². The molecule has 0 aliphatic carbocycles. The van der Waals surface area contributed by atoms with Crippen LogP contribution in [0.4, 0.5) is 14.5 Å². The third kappa shape index (κ3) is 7.31. The van der Waals surface area contributed by atoms with Crippen molar-refractivity contribution in [3.63, 3.8) is 0 Å². The summed E-state index contributed by atoms with van der Waals surface area (Å²) >= 11 is 0. The van der Waals surface area contributed by atoms with E-state index in [1.807, 2.05) is 0 Å². The second-order valence-corrected chi connectivity index (χ2v) is 9.60. The van der Waals surface area contributed by atoms with Crippen molar-refractivity contribution in [1.29, 1.82) is 0 Å². The summed E-state index contributed by atoms with van der Waals surface area (Å²) in [5.41, 5.74) is 0.802. The highest BCUT2D eigenvalue weighted by molar-refractivity contribution is 7.92. The topological polar surface area (TPSA) is 66.5 Å². The Morgan fingerprint density at radius 3 is 2.32 bits per heavy atom. The lowest BCUT2D eigenvalue weighted by molar-refractivity contribution is 0.0946. The molecule has 2 rings (SSSR count). The molecule has 170 valence electrons. The lowest BCUT2D eigenvalue weighted by Crippen LogP contribution is -2.30. The lowest BCUT2D eigenvalue weighted by Gasteiger charge is -2.23. The standard InChI is InChI=1S/C23H30F2N2O3S/c1-4-6-7-17(5-2)15-26-23(28)19-10-8-18(9-11-19)16-27(31(3,29)30)22-13-12-20(24)14-21(22)25/h8-14,17H,4-7,15-16H2,1-3H3,(H,26,28). The summed E-state index contributed by atoms with van der Waals surface area (Å²) < 4.78 is 52.6. The summed E-state index contributed by atoms with van der Waals surface area (Å²) in [4.78, 5) is 12.4. The Hall–Kier alpha value is -2.48. The summed E-state index contributed by atoms with van der Waals surface area (Å²) in [6.07, 6.45) is 5.29. The van der Waals surface area contributed by atoms with Crippen molar-refractivity contribution in [3.05, 3.63) is 65.2 Å². The van der Waals surface area contributed by atoms with E-state index in [0.717, 1.165) is 48.4 Å². The number of amides is 1. The number of carbonyl (C=O) groups excluding carboxylic acids is 1. The monoisotopic (exact) mass is 452 g/mol. The molecule has 2 aromatic rings. The molecular formula is C23H30F2N2O3S. The molecule has 2 aromatic carbocycles. The van der Waals surface area contributed by atoms with Gasteiger partial charge in [0.2, 0.25) is 10.0 Å². The maximum absolute atomic E-state index is 14.2. The molecule has 1 atom stereocenters. The summed E-state index contributed by atoms with van der Waals surface area (Å²) in [7, 11) is -3.82. The quantitative estimate of drug-likeness (QED) is 0.529. The molecule has 0 bridgehead atoms. The highest BCUT2D eigenvalue weighted by atomic mass is 32.2. The summed E-state index contributed by atoms with van der Waals surface area (Å²) in [5, 5.41) is 2.95. The van der Waals surface area contributed by atoms with Crippen LogP contribution in [0.15, 0.2) is 42.5 Å². The van der Waals surface area contributed by atoms with Crippen LogP contribution in [0.25, 0.3) is 0 Å². The Kier molecular flexibility index (Phi) is 8.98. The van der Waals surface area contributed by atoms with E-state index >= 15 is 0 Å². The fraction of sp³-hybridized carbons (Fsp3) is 0.435. The molecule has 0 fully saturated rings. The molecule has 1 N–H and O–H groups in total. The molecule has 0 aliphatic rings. The van der Waals surface area contributed by atoms with Crippen molar-refractivity contribution in [1.82, 2.24) is 5.32 Å². The molecule has 0 heterocycles. The number of nitrogens with zero attached hydrogens (tertiary/aromatic N) is 1. The molecule has 1 amide bonds. The highest BCUT2D eigenvalue weighted by Crippen LogP contribution is 2.25. The first-order chi connectivity index (χ1) is 14.7. The van der Waals surface area contributed by atoms with E-state index in [1.165, 1.54) is 0 Å². The summed E-state index contributed by atoms with van der Waals surface area (Å²) in [6, 6.07) is 9.22. The minimum atomic E-state index is -3.82. The largest absolute Gasteiger partial charge is 0.352 e. The van der Waals surface area contributed by atoms with Gasteiger partial charge < -0.3 is 5.32 Å². The van der Waals surface area contributed by atoms with Crippen molar-refractivity contribution in [2.75, 3.05) is 17.1 Å². The minimum Gasteiger partial charge on any atom is -0.352 e.